The average molecular weight is 587 g/mol. The number of anilines is 4. The van der Waals surface area contributed by atoms with Gasteiger partial charge in [-0.1, -0.05) is 12.1 Å². The predicted octanol–water partition coefficient (Wildman–Crippen LogP) is 5.93. The van der Waals surface area contributed by atoms with Crippen molar-refractivity contribution in [3.63, 3.8) is 0 Å². The van der Waals surface area contributed by atoms with Crippen molar-refractivity contribution in [3.8, 4) is 23.2 Å². The van der Waals surface area contributed by atoms with E-state index in [1.165, 1.54) is 4.57 Å². The minimum absolute atomic E-state index is 0.213. The lowest BCUT2D eigenvalue weighted by Gasteiger charge is -2.25. The van der Waals surface area contributed by atoms with Crippen LogP contribution in [0.15, 0.2) is 42.5 Å². The molecule has 43 heavy (non-hydrogen) atoms. The molecule has 0 saturated carbocycles. The van der Waals surface area contributed by atoms with Gasteiger partial charge in [0.1, 0.15) is 41.0 Å². The monoisotopic (exact) mass is 586 g/mol. The topological polar surface area (TPSA) is 141 Å². The summed E-state index contributed by atoms with van der Waals surface area (Å²) in [7, 11) is 3.33. The molecule has 1 aliphatic rings. The summed E-state index contributed by atoms with van der Waals surface area (Å²) in [5.74, 6) is 1.91. The molecule has 1 atom stereocenters. The minimum Gasteiger partial charge on any atom is -0.494 e. The van der Waals surface area contributed by atoms with Crippen LogP contribution in [0.4, 0.5) is 31.8 Å². The van der Waals surface area contributed by atoms with Gasteiger partial charge in [0.15, 0.2) is 23.0 Å². The number of alkyl halides is 2. The molecule has 0 bridgehead atoms. The largest absolute Gasteiger partial charge is 0.494 e. The standard InChI is InChI=1S/C29H28F2N10O2/c1-16-33-27(40(2)39-16)18-9-7-10-19(25(18)42-3)35-20-14-22(36-21-11-6-8-17(15-32)34-21)37-28-24(20)38-29(26(30)31)41(28)23-12-4-5-13-43-23/h6-11,14,23,26H,4-5,12-13H2,1-3H3,(H2,34,35,36,37). The summed E-state index contributed by atoms with van der Waals surface area (Å²) in [5, 5.41) is 20.1. The number of rotatable bonds is 8. The lowest BCUT2D eigenvalue weighted by atomic mass is 10.1. The third kappa shape index (κ3) is 5.42. The van der Waals surface area contributed by atoms with Crippen LogP contribution < -0.4 is 15.4 Å². The van der Waals surface area contributed by atoms with Crippen molar-refractivity contribution >= 4 is 34.2 Å². The highest BCUT2D eigenvalue weighted by Gasteiger charge is 2.29. The number of hydrogen-bond acceptors (Lipinski definition) is 10. The second kappa shape index (κ2) is 11.6. The number of aryl methyl sites for hydroxylation is 2. The van der Waals surface area contributed by atoms with Gasteiger partial charge in [-0.3, -0.25) is 4.57 Å². The van der Waals surface area contributed by atoms with E-state index in [2.05, 4.69) is 35.7 Å². The summed E-state index contributed by atoms with van der Waals surface area (Å²) in [6.07, 6.45) is -1.29. The molecule has 1 aromatic carbocycles. The molecular weight excluding hydrogens is 558 g/mol. The van der Waals surface area contributed by atoms with Gasteiger partial charge in [-0.15, -0.1) is 0 Å². The molecule has 0 spiro atoms. The van der Waals surface area contributed by atoms with Gasteiger partial charge in [0.2, 0.25) is 0 Å². The fraction of sp³-hybridized carbons (Fsp3) is 0.310. The molecule has 4 aromatic heterocycles. The summed E-state index contributed by atoms with van der Waals surface area (Å²) >= 11 is 0. The zero-order valence-electron chi connectivity index (χ0n) is 23.7. The first kappa shape index (κ1) is 28.0. The molecule has 6 rings (SSSR count). The fourth-order valence-electron chi connectivity index (χ4n) is 5.23. The van der Waals surface area contributed by atoms with Gasteiger partial charge in [0, 0.05) is 19.7 Å². The Kier molecular flexibility index (Phi) is 7.56. The quantitative estimate of drug-likeness (QED) is 0.225. The number of hydrogen-bond donors (Lipinski definition) is 2. The van der Waals surface area contributed by atoms with Gasteiger partial charge < -0.3 is 20.1 Å². The van der Waals surface area contributed by atoms with E-state index < -0.39 is 18.5 Å². The molecule has 12 nitrogen and oxygen atoms in total. The Balaban J connectivity index is 1.52. The van der Waals surface area contributed by atoms with Crippen LogP contribution in [0.25, 0.3) is 22.6 Å². The lowest BCUT2D eigenvalue weighted by Crippen LogP contribution is -2.20. The van der Waals surface area contributed by atoms with Crippen LogP contribution in [-0.2, 0) is 11.8 Å². The molecule has 1 saturated heterocycles. The summed E-state index contributed by atoms with van der Waals surface area (Å²) in [5.41, 5.74) is 2.29. The Morgan fingerprint density at radius 1 is 1.05 bits per heavy atom. The molecule has 1 aliphatic heterocycles. The minimum atomic E-state index is -2.87. The maximum absolute atomic E-state index is 14.4. The predicted molar refractivity (Wildman–Crippen MR) is 155 cm³/mol. The Hall–Kier alpha value is -5.16. The van der Waals surface area contributed by atoms with Gasteiger partial charge in [-0.25, -0.2) is 33.4 Å². The normalized spacial score (nSPS) is 15.0. The number of pyridine rings is 2. The molecule has 5 heterocycles. The second-order valence-electron chi connectivity index (χ2n) is 9.95. The van der Waals surface area contributed by atoms with E-state index in [0.29, 0.717) is 59.0 Å². The van der Waals surface area contributed by atoms with Gasteiger partial charge >= 0.3 is 0 Å². The smallest absolute Gasteiger partial charge is 0.295 e. The summed E-state index contributed by atoms with van der Waals surface area (Å²) < 4.78 is 43.6. The highest BCUT2D eigenvalue weighted by Crippen LogP contribution is 2.40. The molecule has 5 aromatic rings. The van der Waals surface area contributed by atoms with E-state index in [1.807, 2.05) is 18.2 Å². The van der Waals surface area contributed by atoms with E-state index in [0.717, 1.165) is 12.8 Å². The van der Waals surface area contributed by atoms with Crippen LogP contribution in [0.5, 0.6) is 5.75 Å². The number of nitrogens with zero attached hydrogens (tertiary/aromatic N) is 8. The first-order valence-corrected chi connectivity index (χ1v) is 13.6. The number of benzene rings is 1. The Morgan fingerprint density at radius 2 is 1.88 bits per heavy atom. The van der Waals surface area contributed by atoms with E-state index in [-0.39, 0.29) is 16.9 Å². The van der Waals surface area contributed by atoms with Crippen molar-refractivity contribution in [2.45, 2.75) is 38.8 Å². The number of para-hydroxylation sites is 1. The molecule has 1 unspecified atom stereocenters. The molecule has 2 N–H and O–H groups in total. The number of nitriles is 1. The molecule has 14 heteroatoms. The van der Waals surface area contributed by atoms with Crippen LogP contribution in [0.3, 0.4) is 0 Å². The molecule has 1 fully saturated rings. The molecule has 220 valence electrons. The number of methoxy groups -OCH3 is 1. The van der Waals surface area contributed by atoms with Gasteiger partial charge in [-0.2, -0.15) is 10.4 Å². The Labute approximate surface area is 245 Å². The molecule has 0 amide bonds. The first-order chi connectivity index (χ1) is 20.9. The number of halogens is 2. The maximum atomic E-state index is 14.4. The molecule has 0 radical (unpaired) electrons. The first-order valence-electron chi connectivity index (χ1n) is 13.6. The molecule has 0 aliphatic carbocycles. The van der Waals surface area contributed by atoms with Crippen LogP contribution in [0.1, 0.15) is 49.3 Å². The highest BCUT2D eigenvalue weighted by atomic mass is 19.3. The van der Waals surface area contributed by atoms with E-state index in [1.54, 1.807) is 56.1 Å². The van der Waals surface area contributed by atoms with Crippen molar-refractivity contribution in [1.82, 2.24) is 34.3 Å². The zero-order valence-corrected chi connectivity index (χ0v) is 23.7. The third-order valence-corrected chi connectivity index (χ3v) is 7.03. The fourth-order valence-corrected chi connectivity index (χ4v) is 5.23. The number of imidazole rings is 1. The highest BCUT2D eigenvalue weighted by molar-refractivity contribution is 5.92. The van der Waals surface area contributed by atoms with Gasteiger partial charge in [0.05, 0.1) is 24.0 Å². The van der Waals surface area contributed by atoms with Crippen LogP contribution in [0, 0.1) is 18.3 Å². The van der Waals surface area contributed by atoms with Gasteiger partial charge in [-0.05, 0) is 50.5 Å². The van der Waals surface area contributed by atoms with Crippen molar-refractivity contribution in [1.29, 1.82) is 5.26 Å². The van der Waals surface area contributed by atoms with Crippen LogP contribution in [0.2, 0.25) is 0 Å². The van der Waals surface area contributed by atoms with Crippen molar-refractivity contribution < 1.29 is 18.3 Å². The van der Waals surface area contributed by atoms with E-state index in [9.17, 15) is 14.0 Å². The summed E-state index contributed by atoms with van der Waals surface area (Å²) in [6, 6.07) is 14.1. The zero-order chi connectivity index (χ0) is 30.1. The van der Waals surface area contributed by atoms with E-state index >= 15 is 0 Å². The number of aromatic nitrogens is 7. The maximum Gasteiger partial charge on any atom is 0.295 e. The number of fused-ring (bicyclic) bond motifs is 1. The van der Waals surface area contributed by atoms with Crippen molar-refractivity contribution in [2.75, 3.05) is 24.4 Å². The van der Waals surface area contributed by atoms with Crippen molar-refractivity contribution in [3.05, 3.63) is 59.8 Å². The lowest BCUT2D eigenvalue weighted by molar-refractivity contribution is -0.0363. The van der Waals surface area contributed by atoms with Crippen LogP contribution in [-0.4, -0.2) is 48.0 Å². The number of ether oxygens (including phenoxy) is 2. The van der Waals surface area contributed by atoms with Crippen LogP contribution >= 0.6 is 0 Å². The number of nitrogens with one attached hydrogen (secondary N) is 2. The average Bonchev–Trinajstić information content (AvgIpc) is 3.57. The molecular formula is C29H28F2N10O2. The second-order valence-corrected chi connectivity index (χ2v) is 9.95. The van der Waals surface area contributed by atoms with E-state index in [4.69, 9.17) is 9.47 Å². The van der Waals surface area contributed by atoms with Crippen molar-refractivity contribution in [2.24, 2.45) is 7.05 Å². The summed E-state index contributed by atoms with van der Waals surface area (Å²) in [4.78, 5) is 17.9. The summed E-state index contributed by atoms with van der Waals surface area (Å²) in [6.45, 7) is 2.25. The SMILES string of the molecule is COc1c(Nc2cc(Nc3cccc(C#N)n3)nc3c2nc(C(F)F)n3C2CCCCO2)cccc1-c1nc(C)nn1C. The Bertz CT molecular complexity index is 1840. The van der Waals surface area contributed by atoms with Gasteiger partial charge in [0.25, 0.3) is 6.43 Å². The Morgan fingerprint density at radius 3 is 2.58 bits per heavy atom. The third-order valence-electron chi connectivity index (χ3n) is 7.03.